The van der Waals surface area contributed by atoms with Crippen LogP contribution in [0, 0.1) is 5.92 Å². The summed E-state index contributed by atoms with van der Waals surface area (Å²) >= 11 is 0. The highest BCUT2D eigenvalue weighted by Gasteiger charge is 2.13. The molecule has 1 atom stereocenters. The van der Waals surface area contributed by atoms with E-state index in [9.17, 15) is 0 Å². The maximum atomic E-state index is 5.84. The molecule has 7 nitrogen and oxygen atoms in total. The zero-order chi connectivity index (χ0) is 22.5. The Morgan fingerprint density at radius 2 is 1.61 bits per heavy atom. The maximum absolute atomic E-state index is 5.84. The molecule has 0 aliphatic heterocycles. The number of guanidine groups is 1. The van der Waals surface area contributed by atoms with E-state index in [1.807, 2.05) is 37.3 Å². The van der Waals surface area contributed by atoms with Crippen molar-refractivity contribution in [2.45, 2.75) is 27.0 Å². The SMILES string of the molecule is CCNC(=NCc1cc(OC)c(OC)c(OC)c1)NCC(C)COCc1ccccc1. The molecule has 0 aliphatic rings. The summed E-state index contributed by atoms with van der Waals surface area (Å²) in [4.78, 5) is 4.69. The summed E-state index contributed by atoms with van der Waals surface area (Å²) in [5.41, 5.74) is 2.15. The predicted molar refractivity (Wildman–Crippen MR) is 124 cm³/mol. The minimum Gasteiger partial charge on any atom is -0.493 e. The van der Waals surface area contributed by atoms with Crippen molar-refractivity contribution in [2.24, 2.45) is 10.9 Å². The zero-order valence-corrected chi connectivity index (χ0v) is 19.2. The van der Waals surface area contributed by atoms with Gasteiger partial charge >= 0.3 is 0 Å². The maximum Gasteiger partial charge on any atom is 0.203 e. The first kappa shape index (κ1) is 24.3. The second kappa shape index (κ2) is 13.4. The third-order valence-corrected chi connectivity index (χ3v) is 4.62. The molecule has 1 unspecified atom stereocenters. The van der Waals surface area contributed by atoms with Gasteiger partial charge in [0.05, 0.1) is 41.1 Å². The van der Waals surface area contributed by atoms with Crippen LogP contribution in [0.1, 0.15) is 25.0 Å². The molecule has 0 bridgehead atoms. The van der Waals surface area contributed by atoms with Gasteiger partial charge in [0, 0.05) is 13.1 Å². The molecule has 2 rings (SSSR count). The number of nitrogens with zero attached hydrogens (tertiary/aromatic N) is 1. The molecular formula is C24H35N3O4. The average molecular weight is 430 g/mol. The summed E-state index contributed by atoms with van der Waals surface area (Å²) in [6.07, 6.45) is 0. The van der Waals surface area contributed by atoms with Gasteiger partial charge in [0.2, 0.25) is 5.75 Å². The Bertz CT molecular complexity index is 787. The fourth-order valence-corrected chi connectivity index (χ4v) is 3.02. The summed E-state index contributed by atoms with van der Waals surface area (Å²) in [5, 5.41) is 6.67. The van der Waals surface area contributed by atoms with Crippen molar-refractivity contribution in [3.05, 3.63) is 53.6 Å². The molecule has 0 amide bonds. The predicted octanol–water partition coefficient (Wildman–Crippen LogP) is 3.62. The number of benzene rings is 2. The fraction of sp³-hybridized carbons (Fsp3) is 0.458. The molecule has 0 aliphatic carbocycles. The number of ether oxygens (including phenoxy) is 4. The molecule has 0 fully saturated rings. The number of rotatable bonds is 12. The van der Waals surface area contributed by atoms with Crippen LogP contribution in [0.25, 0.3) is 0 Å². The van der Waals surface area contributed by atoms with Crippen molar-refractivity contribution >= 4 is 5.96 Å². The van der Waals surface area contributed by atoms with E-state index in [4.69, 9.17) is 23.9 Å². The van der Waals surface area contributed by atoms with E-state index >= 15 is 0 Å². The molecule has 2 aromatic carbocycles. The molecule has 0 saturated carbocycles. The van der Waals surface area contributed by atoms with Gasteiger partial charge in [0.25, 0.3) is 0 Å². The van der Waals surface area contributed by atoms with Gasteiger partial charge in [-0.3, -0.25) is 0 Å². The minimum absolute atomic E-state index is 0.341. The summed E-state index contributed by atoms with van der Waals surface area (Å²) in [5.74, 6) is 2.91. The number of hydrogen-bond acceptors (Lipinski definition) is 5. The highest BCUT2D eigenvalue weighted by Crippen LogP contribution is 2.38. The minimum atomic E-state index is 0.341. The Morgan fingerprint density at radius 3 is 2.19 bits per heavy atom. The highest BCUT2D eigenvalue weighted by molar-refractivity contribution is 5.79. The van der Waals surface area contributed by atoms with Gasteiger partial charge in [-0.1, -0.05) is 37.3 Å². The molecule has 31 heavy (non-hydrogen) atoms. The first-order valence-corrected chi connectivity index (χ1v) is 10.5. The third kappa shape index (κ3) is 8.02. The lowest BCUT2D eigenvalue weighted by Crippen LogP contribution is -2.40. The zero-order valence-electron chi connectivity index (χ0n) is 19.2. The van der Waals surface area contributed by atoms with Crippen LogP contribution in [-0.2, 0) is 17.9 Å². The Balaban J connectivity index is 1.91. The Morgan fingerprint density at radius 1 is 0.935 bits per heavy atom. The third-order valence-electron chi connectivity index (χ3n) is 4.62. The quantitative estimate of drug-likeness (QED) is 0.397. The van der Waals surface area contributed by atoms with Gasteiger partial charge in [-0.25, -0.2) is 4.99 Å². The van der Waals surface area contributed by atoms with E-state index in [1.54, 1.807) is 21.3 Å². The van der Waals surface area contributed by atoms with Gasteiger partial charge in [0.15, 0.2) is 17.5 Å². The van der Waals surface area contributed by atoms with Crippen LogP contribution in [0.2, 0.25) is 0 Å². The molecule has 7 heteroatoms. The summed E-state index contributed by atoms with van der Waals surface area (Å²) in [7, 11) is 4.81. The molecule has 2 aromatic rings. The summed E-state index contributed by atoms with van der Waals surface area (Å²) in [6.45, 7) is 7.51. The van der Waals surface area contributed by atoms with E-state index in [0.29, 0.717) is 42.9 Å². The van der Waals surface area contributed by atoms with Crippen LogP contribution < -0.4 is 24.8 Å². The van der Waals surface area contributed by atoms with Crippen LogP contribution in [0.3, 0.4) is 0 Å². The van der Waals surface area contributed by atoms with Crippen molar-refractivity contribution in [3.8, 4) is 17.2 Å². The van der Waals surface area contributed by atoms with Crippen LogP contribution in [0.5, 0.6) is 17.2 Å². The van der Waals surface area contributed by atoms with E-state index in [1.165, 1.54) is 5.56 Å². The smallest absolute Gasteiger partial charge is 0.203 e. The normalized spacial score (nSPS) is 12.2. The monoisotopic (exact) mass is 429 g/mol. The van der Waals surface area contributed by atoms with Crippen molar-refractivity contribution in [2.75, 3.05) is 41.0 Å². The van der Waals surface area contributed by atoms with Crippen LogP contribution in [-0.4, -0.2) is 47.0 Å². The largest absolute Gasteiger partial charge is 0.493 e. The van der Waals surface area contributed by atoms with Crippen molar-refractivity contribution < 1.29 is 18.9 Å². The molecule has 170 valence electrons. The molecule has 2 N–H and O–H groups in total. The second-order valence-corrected chi connectivity index (χ2v) is 7.22. The van der Waals surface area contributed by atoms with E-state index in [-0.39, 0.29) is 0 Å². The molecular weight excluding hydrogens is 394 g/mol. The average Bonchev–Trinajstić information content (AvgIpc) is 2.80. The molecule has 0 heterocycles. The fourth-order valence-electron chi connectivity index (χ4n) is 3.02. The van der Waals surface area contributed by atoms with E-state index in [0.717, 1.165) is 24.6 Å². The topological polar surface area (TPSA) is 73.3 Å². The lowest BCUT2D eigenvalue weighted by Gasteiger charge is -2.17. The van der Waals surface area contributed by atoms with Gasteiger partial charge in [-0.05, 0) is 36.1 Å². The second-order valence-electron chi connectivity index (χ2n) is 7.22. The number of methoxy groups -OCH3 is 3. The highest BCUT2D eigenvalue weighted by atomic mass is 16.5. The Kier molecular flexibility index (Phi) is 10.5. The lowest BCUT2D eigenvalue weighted by molar-refractivity contribution is 0.0931. The molecule has 0 saturated heterocycles. The number of nitrogens with one attached hydrogen (secondary N) is 2. The van der Waals surface area contributed by atoms with Crippen LogP contribution in [0.15, 0.2) is 47.5 Å². The first-order chi connectivity index (χ1) is 15.1. The number of hydrogen-bond donors (Lipinski definition) is 2. The van der Waals surface area contributed by atoms with Crippen molar-refractivity contribution in [1.82, 2.24) is 10.6 Å². The summed E-state index contributed by atoms with van der Waals surface area (Å²) in [6, 6.07) is 14.0. The van der Waals surface area contributed by atoms with Crippen LogP contribution in [0.4, 0.5) is 0 Å². The van der Waals surface area contributed by atoms with E-state index < -0.39 is 0 Å². The Hall–Kier alpha value is -2.93. The Labute approximate surface area is 185 Å². The summed E-state index contributed by atoms with van der Waals surface area (Å²) < 4.78 is 22.1. The first-order valence-electron chi connectivity index (χ1n) is 10.5. The van der Waals surface area contributed by atoms with Gasteiger partial charge in [-0.15, -0.1) is 0 Å². The van der Waals surface area contributed by atoms with E-state index in [2.05, 4.69) is 29.7 Å². The van der Waals surface area contributed by atoms with Gasteiger partial charge in [-0.2, -0.15) is 0 Å². The van der Waals surface area contributed by atoms with Crippen molar-refractivity contribution in [3.63, 3.8) is 0 Å². The lowest BCUT2D eigenvalue weighted by atomic mass is 10.2. The van der Waals surface area contributed by atoms with Crippen LogP contribution >= 0.6 is 0 Å². The van der Waals surface area contributed by atoms with Gasteiger partial charge < -0.3 is 29.6 Å². The van der Waals surface area contributed by atoms with Gasteiger partial charge in [0.1, 0.15) is 0 Å². The van der Waals surface area contributed by atoms with Crippen molar-refractivity contribution in [1.29, 1.82) is 0 Å². The standard InChI is InChI=1S/C24H35N3O4/c1-6-25-24(26-14-18(2)16-31-17-19-10-8-7-9-11-19)27-15-20-12-21(28-3)23(30-5)22(13-20)29-4/h7-13,18H,6,14-17H2,1-5H3,(H2,25,26,27). The molecule has 0 radical (unpaired) electrons. The molecule has 0 aromatic heterocycles. The number of aliphatic imine (C=N–C) groups is 1. The molecule has 0 spiro atoms.